The first-order valence-electron chi connectivity index (χ1n) is 11.1. The van der Waals surface area contributed by atoms with Crippen molar-refractivity contribution >= 4 is 17.5 Å². The van der Waals surface area contributed by atoms with Gasteiger partial charge >= 0.3 is 0 Å². The van der Waals surface area contributed by atoms with E-state index in [-0.39, 0.29) is 35.8 Å². The molecule has 2 N–H and O–H groups in total. The summed E-state index contributed by atoms with van der Waals surface area (Å²) in [7, 11) is 0. The van der Waals surface area contributed by atoms with Gasteiger partial charge in [0.1, 0.15) is 11.5 Å². The van der Waals surface area contributed by atoms with Gasteiger partial charge in [0.2, 0.25) is 0 Å². The van der Waals surface area contributed by atoms with Gasteiger partial charge in [0.25, 0.3) is 11.8 Å². The Kier molecular flexibility index (Phi) is 5.71. The Balaban J connectivity index is 1.52. The second-order valence-corrected chi connectivity index (χ2v) is 8.49. The number of aromatic nitrogens is 3. The maximum atomic E-state index is 13.4. The molecule has 34 heavy (non-hydrogen) atoms. The summed E-state index contributed by atoms with van der Waals surface area (Å²) in [4.78, 5) is 31.0. The molecule has 7 nitrogen and oxygen atoms in total. The molecule has 0 fully saturated rings. The molecule has 1 atom stereocenters. The van der Waals surface area contributed by atoms with E-state index in [0.717, 1.165) is 16.8 Å². The van der Waals surface area contributed by atoms with Crippen LogP contribution >= 0.6 is 0 Å². The number of para-hydroxylation sites is 1. The summed E-state index contributed by atoms with van der Waals surface area (Å²) in [6.45, 7) is 3.20. The largest absolute Gasteiger partial charge is 0.357 e. The van der Waals surface area contributed by atoms with Gasteiger partial charge in [0.05, 0.1) is 13.1 Å². The molecular formula is C26H24FN5O2. The van der Waals surface area contributed by atoms with Crippen LogP contribution in [0, 0.1) is 5.82 Å². The fourth-order valence-corrected chi connectivity index (χ4v) is 4.46. The number of rotatable bonds is 5. The highest BCUT2D eigenvalue weighted by Crippen LogP contribution is 2.32. The zero-order chi connectivity index (χ0) is 23.7. The van der Waals surface area contributed by atoms with Gasteiger partial charge in [0.15, 0.2) is 5.69 Å². The van der Waals surface area contributed by atoms with Gasteiger partial charge in [-0.05, 0) is 42.0 Å². The Morgan fingerprint density at radius 2 is 1.85 bits per heavy atom. The average molecular weight is 458 g/mol. The van der Waals surface area contributed by atoms with Crippen molar-refractivity contribution in [3.63, 3.8) is 0 Å². The zero-order valence-electron chi connectivity index (χ0n) is 18.7. The molecule has 2 aromatic carbocycles. The van der Waals surface area contributed by atoms with Crippen LogP contribution < -0.4 is 5.32 Å². The lowest BCUT2D eigenvalue weighted by atomic mass is 9.95. The summed E-state index contributed by atoms with van der Waals surface area (Å²) in [6, 6.07) is 18.9. The molecule has 2 amide bonds. The molecule has 0 aliphatic carbocycles. The standard InChI is InChI=1S/C26H24FN5O2/c1-17-14-31(26(34)22-8-5-13-28-22)16-21-23(25(33)29-20-6-3-2-4-7-20)30-32(24(17)21)15-18-9-11-19(27)12-10-18/h2-13,17,28H,14-16H2,1H3,(H,29,33)/t17-/m1/s1. The number of hydrogen-bond acceptors (Lipinski definition) is 3. The van der Waals surface area contributed by atoms with Gasteiger partial charge in [-0.25, -0.2) is 4.39 Å². The number of carbonyl (C=O) groups is 2. The number of nitrogens with one attached hydrogen (secondary N) is 2. The van der Waals surface area contributed by atoms with E-state index in [1.54, 1.807) is 35.4 Å². The van der Waals surface area contributed by atoms with Crippen molar-refractivity contribution in [2.24, 2.45) is 0 Å². The third-order valence-electron chi connectivity index (χ3n) is 6.01. The molecule has 0 saturated heterocycles. The molecule has 0 bridgehead atoms. The molecule has 1 aliphatic rings. The average Bonchev–Trinajstić information content (AvgIpc) is 3.50. The number of benzene rings is 2. The summed E-state index contributed by atoms with van der Waals surface area (Å²) in [5.41, 5.74) is 3.98. The van der Waals surface area contributed by atoms with Crippen molar-refractivity contribution in [3.05, 3.63) is 107 Å². The Morgan fingerprint density at radius 1 is 1.09 bits per heavy atom. The zero-order valence-corrected chi connectivity index (χ0v) is 18.7. The first kappa shape index (κ1) is 21.6. The van der Waals surface area contributed by atoms with Crippen LogP contribution in [-0.2, 0) is 13.1 Å². The van der Waals surface area contributed by atoms with Crippen LogP contribution in [0.1, 0.15) is 50.6 Å². The first-order valence-corrected chi connectivity index (χ1v) is 11.1. The maximum absolute atomic E-state index is 13.4. The number of halogens is 1. The molecule has 0 unspecified atom stereocenters. The quantitative estimate of drug-likeness (QED) is 0.466. The Labute approximate surface area is 196 Å². The Hall–Kier alpha value is -4.20. The predicted molar refractivity (Wildman–Crippen MR) is 126 cm³/mol. The van der Waals surface area contributed by atoms with Crippen molar-refractivity contribution in [1.82, 2.24) is 19.7 Å². The van der Waals surface area contributed by atoms with Crippen LogP contribution in [0.25, 0.3) is 0 Å². The third kappa shape index (κ3) is 4.22. The smallest absolute Gasteiger partial charge is 0.276 e. The van der Waals surface area contributed by atoms with Crippen LogP contribution in [0.5, 0.6) is 0 Å². The van der Waals surface area contributed by atoms with Crippen molar-refractivity contribution in [1.29, 1.82) is 0 Å². The van der Waals surface area contributed by atoms with Crippen LogP contribution in [0.3, 0.4) is 0 Å². The van der Waals surface area contributed by atoms with Gasteiger partial charge in [-0.1, -0.05) is 37.3 Å². The monoisotopic (exact) mass is 457 g/mol. The molecule has 1 aliphatic heterocycles. The Morgan fingerprint density at radius 3 is 2.56 bits per heavy atom. The van der Waals surface area contributed by atoms with Gasteiger partial charge < -0.3 is 15.2 Å². The van der Waals surface area contributed by atoms with E-state index in [0.29, 0.717) is 24.5 Å². The molecular weight excluding hydrogens is 433 g/mol. The van der Waals surface area contributed by atoms with Gasteiger partial charge in [-0.15, -0.1) is 0 Å². The van der Waals surface area contributed by atoms with E-state index in [9.17, 15) is 14.0 Å². The van der Waals surface area contributed by atoms with Crippen LogP contribution in [0.15, 0.2) is 72.9 Å². The van der Waals surface area contributed by atoms with Crippen molar-refractivity contribution in [2.45, 2.75) is 25.9 Å². The highest BCUT2D eigenvalue weighted by atomic mass is 19.1. The molecule has 172 valence electrons. The number of fused-ring (bicyclic) bond motifs is 1. The summed E-state index contributed by atoms with van der Waals surface area (Å²) in [6.07, 6.45) is 1.71. The van der Waals surface area contributed by atoms with E-state index in [1.807, 2.05) is 41.9 Å². The molecule has 0 saturated carbocycles. The van der Waals surface area contributed by atoms with E-state index in [2.05, 4.69) is 15.4 Å². The molecule has 4 aromatic rings. The first-order chi connectivity index (χ1) is 16.5. The lowest BCUT2D eigenvalue weighted by molar-refractivity contribution is 0.0711. The fraction of sp³-hybridized carbons (Fsp3) is 0.192. The second kappa shape index (κ2) is 8.97. The van der Waals surface area contributed by atoms with Gasteiger partial charge in [-0.2, -0.15) is 5.10 Å². The van der Waals surface area contributed by atoms with Gasteiger partial charge in [-0.3, -0.25) is 14.3 Å². The third-order valence-corrected chi connectivity index (χ3v) is 6.01. The predicted octanol–water partition coefficient (Wildman–Crippen LogP) is 4.41. The molecule has 0 spiro atoms. The number of H-pyrrole nitrogens is 1. The molecule has 3 heterocycles. The highest BCUT2D eigenvalue weighted by Gasteiger charge is 2.34. The fourth-order valence-electron chi connectivity index (χ4n) is 4.46. The SMILES string of the molecule is C[C@@H]1CN(C(=O)c2ccc[nH]2)Cc2c(C(=O)Nc3ccccc3)nn(Cc3ccc(F)cc3)c21. The lowest BCUT2D eigenvalue weighted by Gasteiger charge is -2.32. The number of carbonyl (C=O) groups excluding carboxylic acids is 2. The minimum atomic E-state index is -0.332. The summed E-state index contributed by atoms with van der Waals surface area (Å²) in [5, 5.41) is 7.58. The summed E-state index contributed by atoms with van der Waals surface area (Å²) < 4.78 is 15.2. The number of hydrogen-bond donors (Lipinski definition) is 2. The maximum Gasteiger partial charge on any atom is 0.276 e. The Bertz CT molecular complexity index is 1310. The molecule has 5 rings (SSSR count). The number of aromatic amines is 1. The minimum Gasteiger partial charge on any atom is -0.357 e. The number of amides is 2. The lowest BCUT2D eigenvalue weighted by Crippen LogP contribution is -2.38. The number of nitrogens with zero attached hydrogens (tertiary/aromatic N) is 3. The normalized spacial score (nSPS) is 15.1. The van der Waals surface area contributed by atoms with Crippen molar-refractivity contribution in [3.8, 4) is 0 Å². The molecule has 2 aromatic heterocycles. The van der Waals surface area contributed by atoms with Crippen LogP contribution in [0.4, 0.5) is 10.1 Å². The summed E-state index contributed by atoms with van der Waals surface area (Å²) in [5.74, 6) is -0.806. The molecule has 8 heteroatoms. The van der Waals surface area contributed by atoms with Gasteiger partial charge in [0, 0.05) is 35.6 Å². The van der Waals surface area contributed by atoms with E-state index in [4.69, 9.17) is 0 Å². The summed E-state index contributed by atoms with van der Waals surface area (Å²) >= 11 is 0. The van der Waals surface area contributed by atoms with Crippen molar-refractivity contribution in [2.75, 3.05) is 11.9 Å². The van der Waals surface area contributed by atoms with E-state index < -0.39 is 0 Å². The second-order valence-electron chi connectivity index (χ2n) is 8.49. The van der Waals surface area contributed by atoms with Crippen LogP contribution in [-0.4, -0.2) is 38.0 Å². The minimum absolute atomic E-state index is 0.0473. The van der Waals surface area contributed by atoms with Crippen LogP contribution in [0.2, 0.25) is 0 Å². The van der Waals surface area contributed by atoms with E-state index >= 15 is 0 Å². The highest BCUT2D eigenvalue weighted by molar-refractivity contribution is 6.04. The van der Waals surface area contributed by atoms with Crippen molar-refractivity contribution < 1.29 is 14.0 Å². The van der Waals surface area contributed by atoms with E-state index in [1.165, 1.54) is 12.1 Å². The molecule has 0 radical (unpaired) electrons. The topological polar surface area (TPSA) is 83.0 Å². The number of anilines is 1.